The quantitative estimate of drug-likeness (QED) is 0.825. The molecule has 1 heterocycles. The van der Waals surface area contributed by atoms with Crippen LogP contribution in [0.2, 0.25) is 0 Å². The normalized spacial score (nSPS) is 10.2. The first-order chi connectivity index (χ1) is 5.95. The molecule has 0 fully saturated rings. The molecule has 4 heteroatoms. The molecule has 3 nitrogen and oxygen atoms in total. The lowest BCUT2D eigenvalue weighted by molar-refractivity contribution is 0.0694. The van der Waals surface area contributed by atoms with Gasteiger partial charge in [-0.25, -0.2) is 4.79 Å². The van der Waals surface area contributed by atoms with Gasteiger partial charge in [-0.1, -0.05) is 0 Å². The smallest absolute Gasteiger partial charge is 0.337 e. The van der Waals surface area contributed by atoms with Crippen molar-refractivity contribution in [1.82, 2.24) is 4.98 Å². The van der Waals surface area contributed by atoms with Gasteiger partial charge >= 0.3 is 5.97 Å². The van der Waals surface area contributed by atoms with Crippen molar-refractivity contribution in [2.75, 3.05) is 0 Å². The molecule has 0 bridgehead atoms. The van der Waals surface area contributed by atoms with Crippen LogP contribution in [-0.4, -0.2) is 16.1 Å². The van der Waals surface area contributed by atoms with Crippen molar-refractivity contribution >= 4 is 21.9 Å². The number of carbonyl (C=O) groups is 1. The first-order valence-corrected chi connectivity index (χ1v) is 4.61. The van der Waals surface area contributed by atoms with Crippen LogP contribution in [0.3, 0.4) is 0 Å². The molecule has 0 spiro atoms. The van der Waals surface area contributed by atoms with E-state index in [1.54, 1.807) is 13.8 Å². The molecule has 70 valence electrons. The van der Waals surface area contributed by atoms with Crippen LogP contribution < -0.4 is 0 Å². The van der Waals surface area contributed by atoms with Gasteiger partial charge in [-0.05, 0) is 42.3 Å². The number of halogens is 1. The second kappa shape index (κ2) is 3.46. The Kier molecular flexibility index (Phi) is 2.71. The second-order valence-corrected chi connectivity index (χ2v) is 3.69. The third kappa shape index (κ3) is 1.72. The van der Waals surface area contributed by atoms with Gasteiger partial charge in [0, 0.05) is 4.47 Å². The summed E-state index contributed by atoms with van der Waals surface area (Å²) in [5, 5.41) is 8.90. The molecular formula is C9H10BrNO2. The number of nitrogens with zero attached hydrogens (tertiary/aromatic N) is 1. The van der Waals surface area contributed by atoms with Crippen LogP contribution in [0.5, 0.6) is 0 Å². The van der Waals surface area contributed by atoms with E-state index in [0.717, 1.165) is 15.7 Å². The second-order valence-electron chi connectivity index (χ2n) is 2.90. The van der Waals surface area contributed by atoms with Crippen molar-refractivity contribution in [3.8, 4) is 0 Å². The predicted molar refractivity (Wildman–Crippen MR) is 53.1 cm³/mol. The topological polar surface area (TPSA) is 50.2 Å². The molecule has 0 saturated carbocycles. The Balaban J connectivity index is 3.53. The van der Waals surface area contributed by atoms with Gasteiger partial charge in [0.2, 0.25) is 0 Å². The molecule has 0 aromatic carbocycles. The maximum atomic E-state index is 10.8. The zero-order chi connectivity index (χ0) is 10.2. The highest BCUT2D eigenvalue weighted by molar-refractivity contribution is 9.10. The minimum Gasteiger partial charge on any atom is -0.478 e. The summed E-state index contributed by atoms with van der Waals surface area (Å²) in [4.78, 5) is 15.0. The van der Waals surface area contributed by atoms with E-state index < -0.39 is 5.97 Å². The first kappa shape index (κ1) is 10.2. The highest BCUT2D eigenvalue weighted by atomic mass is 79.9. The lowest BCUT2D eigenvalue weighted by Gasteiger charge is -2.08. The molecule has 0 atom stereocenters. The fraction of sp³-hybridized carbons (Fsp3) is 0.333. The van der Waals surface area contributed by atoms with E-state index >= 15 is 0 Å². The Bertz CT molecular complexity index is 374. The third-order valence-electron chi connectivity index (χ3n) is 1.93. The summed E-state index contributed by atoms with van der Waals surface area (Å²) in [6.45, 7) is 5.32. The van der Waals surface area contributed by atoms with Crippen molar-refractivity contribution in [1.29, 1.82) is 0 Å². The van der Waals surface area contributed by atoms with E-state index in [2.05, 4.69) is 20.9 Å². The molecular weight excluding hydrogens is 234 g/mol. The fourth-order valence-corrected chi connectivity index (χ4v) is 1.61. The summed E-state index contributed by atoms with van der Waals surface area (Å²) in [6.07, 6.45) is 0. The van der Waals surface area contributed by atoms with Crippen molar-refractivity contribution in [2.45, 2.75) is 20.8 Å². The summed E-state index contributed by atoms with van der Waals surface area (Å²) < 4.78 is 0.774. The zero-order valence-corrected chi connectivity index (χ0v) is 9.27. The molecule has 0 aliphatic rings. The minimum atomic E-state index is -0.928. The SMILES string of the molecule is Cc1nc(C)c(C(=O)O)c(C)c1Br. The number of hydrogen-bond donors (Lipinski definition) is 1. The van der Waals surface area contributed by atoms with E-state index in [9.17, 15) is 4.79 Å². The third-order valence-corrected chi connectivity index (χ3v) is 3.10. The van der Waals surface area contributed by atoms with Gasteiger partial charge in [0.25, 0.3) is 0 Å². The van der Waals surface area contributed by atoms with Gasteiger partial charge in [-0.3, -0.25) is 4.98 Å². The van der Waals surface area contributed by atoms with E-state index in [4.69, 9.17) is 5.11 Å². The van der Waals surface area contributed by atoms with E-state index in [1.807, 2.05) is 6.92 Å². The summed E-state index contributed by atoms with van der Waals surface area (Å²) in [7, 11) is 0. The minimum absolute atomic E-state index is 0.289. The number of aromatic carboxylic acids is 1. The van der Waals surface area contributed by atoms with E-state index in [-0.39, 0.29) is 5.56 Å². The summed E-state index contributed by atoms with van der Waals surface area (Å²) in [6, 6.07) is 0. The Morgan fingerprint density at radius 3 is 2.31 bits per heavy atom. The maximum absolute atomic E-state index is 10.8. The first-order valence-electron chi connectivity index (χ1n) is 3.81. The monoisotopic (exact) mass is 243 g/mol. The van der Waals surface area contributed by atoms with Crippen LogP contribution in [-0.2, 0) is 0 Å². The number of carboxylic acids is 1. The Labute approximate surface area is 84.9 Å². The average Bonchev–Trinajstić information content (AvgIpc) is 1.99. The van der Waals surface area contributed by atoms with Gasteiger partial charge in [-0.15, -0.1) is 0 Å². The molecule has 1 N–H and O–H groups in total. The lowest BCUT2D eigenvalue weighted by atomic mass is 10.1. The van der Waals surface area contributed by atoms with Gasteiger partial charge in [0.1, 0.15) is 0 Å². The summed E-state index contributed by atoms with van der Waals surface area (Å²) in [5.74, 6) is -0.928. The van der Waals surface area contributed by atoms with E-state index in [1.165, 1.54) is 0 Å². The average molecular weight is 244 g/mol. The zero-order valence-electron chi connectivity index (χ0n) is 7.68. The van der Waals surface area contributed by atoms with Crippen LogP contribution >= 0.6 is 15.9 Å². The van der Waals surface area contributed by atoms with Crippen LogP contribution in [0.15, 0.2) is 4.47 Å². The number of pyridine rings is 1. The van der Waals surface area contributed by atoms with Crippen LogP contribution in [0.1, 0.15) is 27.3 Å². The van der Waals surface area contributed by atoms with Crippen molar-refractivity contribution in [2.24, 2.45) is 0 Å². The summed E-state index contributed by atoms with van der Waals surface area (Å²) >= 11 is 3.31. The van der Waals surface area contributed by atoms with Crippen LogP contribution in [0.4, 0.5) is 0 Å². The highest BCUT2D eigenvalue weighted by Gasteiger charge is 2.15. The Morgan fingerprint density at radius 2 is 1.85 bits per heavy atom. The molecule has 1 aromatic heterocycles. The van der Waals surface area contributed by atoms with Crippen molar-refractivity contribution in [3.63, 3.8) is 0 Å². The van der Waals surface area contributed by atoms with Crippen LogP contribution in [0, 0.1) is 20.8 Å². The van der Waals surface area contributed by atoms with E-state index in [0.29, 0.717) is 5.69 Å². The van der Waals surface area contributed by atoms with Gasteiger partial charge in [-0.2, -0.15) is 0 Å². The van der Waals surface area contributed by atoms with Crippen LogP contribution in [0.25, 0.3) is 0 Å². The number of rotatable bonds is 1. The highest BCUT2D eigenvalue weighted by Crippen LogP contribution is 2.24. The number of aryl methyl sites for hydroxylation is 2. The molecule has 1 aromatic rings. The fourth-order valence-electron chi connectivity index (χ4n) is 1.32. The Morgan fingerprint density at radius 1 is 1.31 bits per heavy atom. The standard InChI is InChI=1S/C9H10BrNO2/c1-4-7(9(12)13)5(2)11-6(3)8(4)10/h1-3H3,(H,12,13). The summed E-state index contributed by atoms with van der Waals surface area (Å²) in [5.41, 5.74) is 2.40. The predicted octanol–water partition coefficient (Wildman–Crippen LogP) is 2.47. The number of carboxylic acid groups (broad SMARTS) is 1. The molecule has 13 heavy (non-hydrogen) atoms. The van der Waals surface area contributed by atoms with Crippen molar-refractivity contribution < 1.29 is 9.90 Å². The molecule has 0 saturated heterocycles. The molecule has 1 rings (SSSR count). The van der Waals surface area contributed by atoms with Gasteiger partial charge in [0.15, 0.2) is 0 Å². The Hall–Kier alpha value is -0.900. The van der Waals surface area contributed by atoms with Crippen molar-refractivity contribution in [3.05, 3.63) is 27.0 Å². The van der Waals surface area contributed by atoms with Gasteiger partial charge < -0.3 is 5.11 Å². The lowest BCUT2D eigenvalue weighted by Crippen LogP contribution is -2.07. The van der Waals surface area contributed by atoms with Gasteiger partial charge in [0.05, 0.1) is 17.0 Å². The molecule has 0 radical (unpaired) electrons. The molecule has 0 amide bonds. The molecule has 0 aliphatic heterocycles. The number of hydrogen-bond acceptors (Lipinski definition) is 2. The molecule has 0 aliphatic carbocycles. The number of aromatic nitrogens is 1. The maximum Gasteiger partial charge on any atom is 0.337 e. The molecule has 0 unspecified atom stereocenters. The largest absolute Gasteiger partial charge is 0.478 e.